The van der Waals surface area contributed by atoms with Crippen LogP contribution < -0.4 is 4.74 Å². The molecule has 0 radical (unpaired) electrons. The van der Waals surface area contributed by atoms with Gasteiger partial charge in [0.25, 0.3) is 5.91 Å². The third kappa shape index (κ3) is 4.66. The van der Waals surface area contributed by atoms with Crippen LogP contribution in [-0.4, -0.2) is 34.4 Å². The van der Waals surface area contributed by atoms with Crippen molar-refractivity contribution in [3.05, 3.63) is 59.7 Å². The van der Waals surface area contributed by atoms with Gasteiger partial charge in [-0.2, -0.15) is 8.78 Å². The lowest BCUT2D eigenvalue weighted by Gasteiger charge is -2.23. The van der Waals surface area contributed by atoms with Gasteiger partial charge < -0.3 is 4.74 Å². The number of rotatable bonds is 5. The number of hydrogen-bond acceptors (Lipinski definition) is 4. The van der Waals surface area contributed by atoms with Crippen LogP contribution in [0.5, 0.6) is 5.75 Å². The van der Waals surface area contributed by atoms with Crippen LogP contribution in [0.2, 0.25) is 0 Å². The zero-order chi connectivity index (χ0) is 19.4. The van der Waals surface area contributed by atoms with Gasteiger partial charge in [-0.1, -0.05) is 36.9 Å². The molecular weight excluding hydrogens is 370 g/mol. The van der Waals surface area contributed by atoms with Crippen LogP contribution in [0.25, 0.3) is 0 Å². The van der Waals surface area contributed by atoms with E-state index in [9.17, 15) is 13.6 Å². The molecule has 0 aliphatic carbocycles. The Hall–Kier alpha value is -2.41. The van der Waals surface area contributed by atoms with Gasteiger partial charge in [-0.25, -0.2) is 4.99 Å². The highest BCUT2D eigenvalue weighted by atomic mass is 32.2. The van der Waals surface area contributed by atoms with Crippen LogP contribution in [0.15, 0.2) is 53.5 Å². The molecule has 3 rings (SSSR count). The van der Waals surface area contributed by atoms with Gasteiger partial charge in [0.15, 0.2) is 5.17 Å². The van der Waals surface area contributed by atoms with Crippen molar-refractivity contribution in [2.75, 3.05) is 5.75 Å². The number of thioether (sulfide) groups is 1. The largest absolute Gasteiger partial charge is 0.435 e. The minimum Gasteiger partial charge on any atom is -0.435 e. The Morgan fingerprint density at radius 1 is 1.30 bits per heavy atom. The quantitative estimate of drug-likeness (QED) is 0.700. The first kappa shape index (κ1) is 19.4. The number of carbonyl (C=O) groups is 1. The fourth-order valence-corrected chi connectivity index (χ4v) is 4.13. The predicted molar refractivity (Wildman–Crippen MR) is 104 cm³/mol. The van der Waals surface area contributed by atoms with E-state index < -0.39 is 6.61 Å². The molecule has 1 fully saturated rings. The van der Waals surface area contributed by atoms with Gasteiger partial charge in [-0.05, 0) is 49.2 Å². The van der Waals surface area contributed by atoms with E-state index >= 15 is 0 Å². The molecule has 1 saturated heterocycles. The molecule has 0 bridgehead atoms. The fraction of sp³-hybridized carbons (Fsp3) is 0.300. The number of hydrogen-bond donors (Lipinski definition) is 0. The normalized spacial score (nSPS) is 18.3. The van der Waals surface area contributed by atoms with Crippen molar-refractivity contribution in [1.82, 2.24) is 4.90 Å². The van der Waals surface area contributed by atoms with Crippen LogP contribution >= 0.6 is 11.8 Å². The maximum absolute atomic E-state index is 13.1. The second-order valence-electron chi connectivity index (χ2n) is 6.19. The van der Waals surface area contributed by atoms with Crippen LogP contribution in [0.4, 0.5) is 14.5 Å². The lowest BCUT2D eigenvalue weighted by atomic mass is 10.1. The summed E-state index contributed by atoms with van der Waals surface area (Å²) in [7, 11) is 0. The zero-order valence-electron chi connectivity index (χ0n) is 15.1. The van der Waals surface area contributed by atoms with Crippen LogP contribution in [0.1, 0.15) is 29.3 Å². The van der Waals surface area contributed by atoms with Gasteiger partial charge in [0.1, 0.15) is 5.75 Å². The Morgan fingerprint density at radius 3 is 2.78 bits per heavy atom. The van der Waals surface area contributed by atoms with E-state index in [0.717, 1.165) is 23.4 Å². The first-order valence-electron chi connectivity index (χ1n) is 8.64. The minimum atomic E-state index is -2.93. The summed E-state index contributed by atoms with van der Waals surface area (Å²) in [6, 6.07) is 13.6. The van der Waals surface area contributed by atoms with Gasteiger partial charge in [0.05, 0.1) is 5.69 Å². The maximum atomic E-state index is 13.1. The van der Waals surface area contributed by atoms with E-state index in [1.165, 1.54) is 30.0 Å². The van der Waals surface area contributed by atoms with E-state index in [1.807, 2.05) is 38.1 Å². The molecule has 0 unspecified atom stereocenters. The molecule has 1 atom stereocenters. The van der Waals surface area contributed by atoms with Crippen molar-refractivity contribution < 1.29 is 18.3 Å². The Labute approximate surface area is 161 Å². The molecule has 27 heavy (non-hydrogen) atoms. The number of ether oxygens (including phenoxy) is 1. The molecule has 0 N–H and O–H groups in total. The zero-order valence-corrected chi connectivity index (χ0v) is 15.9. The molecule has 1 aliphatic rings. The summed E-state index contributed by atoms with van der Waals surface area (Å²) in [5.74, 6) is 0.450. The number of alkyl halides is 2. The topological polar surface area (TPSA) is 41.9 Å². The second-order valence-corrected chi connectivity index (χ2v) is 7.18. The van der Waals surface area contributed by atoms with Crippen LogP contribution in [-0.2, 0) is 0 Å². The van der Waals surface area contributed by atoms with Gasteiger partial charge >= 0.3 is 6.61 Å². The third-order valence-corrected chi connectivity index (χ3v) is 5.30. The molecule has 4 nitrogen and oxygen atoms in total. The molecule has 142 valence electrons. The van der Waals surface area contributed by atoms with Gasteiger partial charge in [0.2, 0.25) is 0 Å². The number of halogens is 2. The molecule has 0 aromatic heterocycles. The standard InChI is InChI=1S/C20H20F2N2O2S/c1-3-16-12-27-20(23-15-8-4-6-13(2)10-15)24(16)18(25)14-7-5-9-17(11-14)26-19(21)22/h4-11,16,19H,3,12H2,1-2H3/t16-/m0/s1. The van der Waals surface area contributed by atoms with Gasteiger partial charge in [-0.15, -0.1) is 0 Å². The van der Waals surface area contributed by atoms with Crippen LogP contribution in [0, 0.1) is 6.92 Å². The molecule has 1 aliphatic heterocycles. The highest BCUT2D eigenvalue weighted by Gasteiger charge is 2.34. The average molecular weight is 390 g/mol. The fourth-order valence-electron chi connectivity index (χ4n) is 2.86. The van der Waals surface area contributed by atoms with Gasteiger partial charge in [0, 0.05) is 17.4 Å². The summed E-state index contributed by atoms with van der Waals surface area (Å²) in [6.07, 6.45) is 0.777. The van der Waals surface area contributed by atoms with E-state index in [4.69, 9.17) is 0 Å². The molecule has 2 aromatic rings. The first-order chi connectivity index (χ1) is 13.0. The number of carbonyl (C=O) groups excluding carboxylic acids is 1. The van der Waals surface area contributed by atoms with Crippen molar-refractivity contribution in [3.8, 4) is 5.75 Å². The monoisotopic (exact) mass is 390 g/mol. The number of benzene rings is 2. The molecule has 1 heterocycles. The number of aryl methyl sites for hydroxylation is 1. The van der Waals surface area contributed by atoms with E-state index in [1.54, 1.807) is 11.0 Å². The molecule has 7 heteroatoms. The highest BCUT2D eigenvalue weighted by molar-refractivity contribution is 8.14. The van der Waals surface area contributed by atoms with Gasteiger partial charge in [-0.3, -0.25) is 9.69 Å². The molecular formula is C20H20F2N2O2S. The summed E-state index contributed by atoms with van der Waals surface area (Å²) >= 11 is 1.53. The number of amidine groups is 1. The Morgan fingerprint density at radius 2 is 2.07 bits per heavy atom. The van der Waals surface area contributed by atoms with E-state index in [-0.39, 0.29) is 17.7 Å². The molecule has 1 amide bonds. The van der Waals surface area contributed by atoms with E-state index in [2.05, 4.69) is 9.73 Å². The Kier molecular flexibility index (Phi) is 6.11. The van der Waals surface area contributed by atoms with Crippen molar-refractivity contribution in [1.29, 1.82) is 0 Å². The third-order valence-electron chi connectivity index (χ3n) is 4.20. The SMILES string of the molecule is CC[C@H]1CSC(=Nc2cccc(C)c2)N1C(=O)c1cccc(OC(F)F)c1. The lowest BCUT2D eigenvalue weighted by Crippen LogP contribution is -2.39. The lowest BCUT2D eigenvalue weighted by molar-refractivity contribution is -0.0499. The number of nitrogens with zero attached hydrogens (tertiary/aromatic N) is 2. The Bertz CT molecular complexity index is 857. The second kappa shape index (κ2) is 8.52. The van der Waals surface area contributed by atoms with Crippen molar-refractivity contribution >= 4 is 28.5 Å². The number of amides is 1. The molecule has 0 saturated carbocycles. The van der Waals surface area contributed by atoms with Crippen LogP contribution in [0.3, 0.4) is 0 Å². The van der Waals surface area contributed by atoms with Crippen molar-refractivity contribution in [2.45, 2.75) is 32.9 Å². The maximum Gasteiger partial charge on any atom is 0.387 e. The first-order valence-corrected chi connectivity index (χ1v) is 9.63. The molecule has 2 aromatic carbocycles. The van der Waals surface area contributed by atoms with E-state index in [0.29, 0.717) is 10.7 Å². The summed E-state index contributed by atoms with van der Waals surface area (Å²) in [5.41, 5.74) is 2.16. The highest BCUT2D eigenvalue weighted by Crippen LogP contribution is 2.31. The Balaban J connectivity index is 1.92. The summed E-state index contributed by atoms with van der Waals surface area (Å²) in [5, 5.41) is 0.623. The summed E-state index contributed by atoms with van der Waals surface area (Å²) in [6.45, 7) is 1.06. The van der Waals surface area contributed by atoms with Crippen molar-refractivity contribution in [2.24, 2.45) is 4.99 Å². The average Bonchev–Trinajstić information content (AvgIpc) is 3.03. The smallest absolute Gasteiger partial charge is 0.387 e. The predicted octanol–water partition coefficient (Wildman–Crippen LogP) is 5.25. The minimum absolute atomic E-state index is 0.00531. The molecule has 0 spiro atoms. The summed E-state index contributed by atoms with van der Waals surface area (Å²) < 4.78 is 29.4. The number of aliphatic imine (C=N–C) groups is 1. The summed E-state index contributed by atoms with van der Waals surface area (Å²) in [4.78, 5) is 19.4. The van der Waals surface area contributed by atoms with Crippen molar-refractivity contribution in [3.63, 3.8) is 0 Å².